The third-order valence-electron chi connectivity index (χ3n) is 12.8. The Morgan fingerprint density at radius 3 is 2.25 bits per heavy atom. The maximum Gasteiger partial charge on any atom is 0.245 e. The van der Waals surface area contributed by atoms with E-state index in [2.05, 4.69) is 125 Å². The molecule has 0 unspecified atom stereocenters. The van der Waals surface area contributed by atoms with Crippen molar-refractivity contribution < 1.29 is 37.3 Å². The van der Waals surface area contributed by atoms with Crippen LogP contribution in [0.15, 0.2) is 72.8 Å². The Morgan fingerprint density at radius 1 is 1.06 bits per heavy atom. The standard InChI is InChI=1S/C32H41NO3.C9H15NO.C7H14N2O.C6H14N2O2.CH4.2H2/c1-7-23-12-11-13-24(18-23)25-16-17-30-28(19-25)29(20-32(4,5)21-36-34)31(33(30)8-2)27-15-10-9-14-26(27)22(3)35-6;1-3-9(11)10-6-4-5-8(2)7-10;1-6-4-3-5-9(8-6)7(2)10;1-4(2)5(6(7)9)8(3)10;;;/h10-13,15-19,22,34H,7-9,14,20-21H2,1-6H3;3,8H,1,4-7H2,2H3;6,8H,3-5H2,1-2H3;4-5,10H,1-3H3,(H2,7,9);1H4;2*1H/t22-;8-;6-;5-;;;/m0010.../s1. The van der Waals surface area contributed by atoms with Gasteiger partial charge in [-0.25, -0.2) is 10.3 Å². The van der Waals surface area contributed by atoms with Crippen molar-refractivity contribution in [3.05, 3.63) is 89.7 Å². The molecule has 2 fully saturated rings. The van der Waals surface area contributed by atoms with Gasteiger partial charge in [-0.05, 0) is 141 Å². The van der Waals surface area contributed by atoms with E-state index in [1.165, 1.54) is 76.0 Å². The topological polar surface area (TPSA) is 163 Å². The Hall–Kier alpha value is -4.63. The molecule has 384 valence electrons. The van der Waals surface area contributed by atoms with E-state index in [0.717, 1.165) is 69.8 Å². The summed E-state index contributed by atoms with van der Waals surface area (Å²) < 4.78 is 8.27. The molecule has 4 atom stereocenters. The van der Waals surface area contributed by atoms with Crippen LogP contribution in [0, 0.1) is 17.3 Å². The molecule has 3 amide bonds. The molecule has 6 rings (SSSR count). The first-order chi connectivity index (χ1) is 31.7. The number of allylic oxidation sites excluding steroid dienone is 3. The van der Waals surface area contributed by atoms with E-state index in [0.29, 0.717) is 12.0 Å². The van der Waals surface area contributed by atoms with E-state index < -0.39 is 11.9 Å². The van der Waals surface area contributed by atoms with Crippen molar-refractivity contribution in [2.75, 3.05) is 40.4 Å². The molecule has 2 saturated heterocycles. The summed E-state index contributed by atoms with van der Waals surface area (Å²) in [5, 5.41) is 22.0. The first-order valence-corrected chi connectivity index (χ1v) is 24.3. The summed E-state index contributed by atoms with van der Waals surface area (Å²) in [5.41, 5.74) is 18.1. The van der Waals surface area contributed by atoms with Gasteiger partial charge in [0.1, 0.15) is 6.04 Å². The summed E-state index contributed by atoms with van der Waals surface area (Å²) in [6.45, 7) is 27.7. The predicted molar refractivity (Wildman–Crippen MR) is 283 cm³/mol. The van der Waals surface area contributed by atoms with Crippen LogP contribution in [-0.2, 0) is 43.4 Å². The number of aryl methyl sites for hydroxylation is 2. The number of likely N-dealkylation sites (N-methyl/N-ethyl adjacent to an activating group) is 1. The molecule has 13 nitrogen and oxygen atoms in total. The summed E-state index contributed by atoms with van der Waals surface area (Å²) in [6, 6.07) is 15.6. The first-order valence-electron chi connectivity index (χ1n) is 24.3. The van der Waals surface area contributed by atoms with E-state index in [1.54, 1.807) is 19.0 Å². The van der Waals surface area contributed by atoms with Gasteiger partial charge in [0.25, 0.3) is 0 Å². The van der Waals surface area contributed by atoms with Crippen LogP contribution in [0.5, 0.6) is 0 Å². The van der Waals surface area contributed by atoms with Gasteiger partial charge in [-0.2, -0.15) is 5.06 Å². The minimum absolute atomic E-state index is 0. The fourth-order valence-electron chi connectivity index (χ4n) is 9.23. The highest BCUT2D eigenvalue weighted by Gasteiger charge is 2.29. The average molecular weight is 949 g/mol. The monoisotopic (exact) mass is 949 g/mol. The highest BCUT2D eigenvalue weighted by molar-refractivity contribution is 5.95. The number of carbonyl (C=O) groups is 3. The number of aromatic nitrogens is 1. The summed E-state index contributed by atoms with van der Waals surface area (Å²) in [5.74, 6) is 0.392. The predicted octanol–water partition coefficient (Wildman–Crippen LogP) is 11.0. The third kappa shape index (κ3) is 17.1. The smallest absolute Gasteiger partial charge is 0.245 e. The van der Waals surface area contributed by atoms with E-state index in [4.69, 9.17) is 15.7 Å². The number of nitrogens with two attached hydrogens (primary N) is 1. The maximum atomic E-state index is 11.1. The lowest BCUT2D eigenvalue weighted by Crippen LogP contribution is -2.50. The summed E-state index contributed by atoms with van der Waals surface area (Å²) >= 11 is 0. The lowest BCUT2D eigenvalue weighted by Gasteiger charge is -2.31. The second-order valence-electron chi connectivity index (χ2n) is 19.5. The lowest BCUT2D eigenvalue weighted by molar-refractivity contribution is -0.259. The summed E-state index contributed by atoms with van der Waals surface area (Å²) in [6.07, 6.45) is 14.6. The first kappa shape index (κ1) is 59.5. The van der Waals surface area contributed by atoms with Gasteiger partial charge >= 0.3 is 0 Å². The second kappa shape index (κ2) is 28.8. The highest BCUT2D eigenvalue weighted by atomic mass is 17.1. The number of amides is 3. The molecule has 13 heteroatoms. The minimum Gasteiger partial charge on any atom is -0.377 e. The normalized spacial score (nSPS) is 18.1. The minimum atomic E-state index is -0.583. The van der Waals surface area contributed by atoms with Gasteiger partial charge in [-0.15, -0.1) is 0 Å². The van der Waals surface area contributed by atoms with E-state index >= 15 is 0 Å². The maximum absolute atomic E-state index is 11.1. The number of hydrogen-bond acceptors (Lipinski definition) is 9. The Balaban J connectivity index is 0.00000114. The molecule has 2 aromatic carbocycles. The van der Waals surface area contributed by atoms with Gasteiger partial charge in [0.05, 0.1) is 18.4 Å². The number of methoxy groups -OCH3 is 1. The van der Waals surface area contributed by atoms with Gasteiger partial charge in [0.15, 0.2) is 0 Å². The molecule has 3 aliphatic rings. The van der Waals surface area contributed by atoms with Crippen LogP contribution in [0.1, 0.15) is 135 Å². The van der Waals surface area contributed by atoms with Crippen molar-refractivity contribution in [3.8, 4) is 11.1 Å². The quantitative estimate of drug-likeness (QED) is 0.0700. The van der Waals surface area contributed by atoms with Gasteiger partial charge in [-0.1, -0.05) is 98.0 Å². The molecule has 0 radical (unpaired) electrons. The number of hydrazine groups is 1. The molecule has 3 heterocycles. The fraction of sp³-hybridized carbons (Fsp3) is 0.582. The molecule has 0 bridgehead atoms. The zero-order valence-electron chi connectivity index (χ0n) is 42.9. The van der Waals surface area contributed by atoms with Crippen LogP contribution in [0.2, 0.25) is 0 Å². The average Bonchev–Trinajstić information content (AvgIpc) is 3.59. The molecular formula is C55H92N6O7. The SMILES string of the molecule is C.C=CC(=O)N1CCC[C@H](C)C1.CC(=O)N1CCC[C@@H](C)N1.CC(C)[C@@H](C(N)=O)N(C)O.CCc1cccc(-c2ccc3c(c2)c(CC(C)(C)COO)c(C2=C([C@H](C)OC)CCC=C2)n3CC)c1.[HH].[HH]. The largest absolute Gasteiger partial charge is 0.377 e. The van der Waals surface area contributed by atoms with Crippen LogP contribution in [-0.4, -0.2) is 106 Å². The van der Waals surface area contributed by atoms with Gasteiger partial charge in [0.2, 0.25) is 17.7 Å². The van der Waals surface area contributed by atoms with Crippen molar-refractivity contribution in [2.45, 2.75) is 153 Å². The Labute approximate surface area is 412 Å². The number of nitrogens with zero attached hydrogens (tertiary/aromatic N) is 4. The number of piperidine rings is 1. The summed E-state index contributed by atoms with van der Waals surface area (Å²) in [7, 11) is 3.21. The number of fused-ring (bicyclic) bond motifs is 1. The van der Waals surface area contributed by atoms with Gasteiger partial charge in [0, 0.05) is 67.1 Å². The number of hydrogen-bond donors (Lipinski definition) is 4. The van der Waals surface area contributed by atoms with Crippen molar-refractivity contribution in [2.24, 2.45) is 23.0 Å². The zero-order chi connectivity index (χ0) is 50.0. The Bertz CT molecular complexity index is 2140. The lowest BCUT2D eigenvalue weighted by atomic mass is 9.82. The van der Waals surface area contributed by atoms with E-state index in [9.17, 15) is 19.6 Å². The number of ether oxygens (including phenoxy) is 1. The van der Waals surface area contributed by atoms with E-state index in [-0.39, 0.29) is 46.1 Å². The van der Waals surface area contributed by atoms with Crippen molar-refractivity contribution in [1.29, 1.82) is 0 Å². The van der Waals surface area contributed by atoms with Crippen LogP contribution >= 0.6 is 0 Å². The molecule has 5 N–H and O–H groups in total. The fourth-order valence-corrected chi connectivity index (χ4v) is 9.23. The molecule has 0 spiro atoms. The number of likely N-dealkylation sites (tertiary alicyclic amines) is 1. The second-order valence-corrected chi connectivity index (χ2v) is 19.5. The van der Waals surface area contributed by atoms with Crippen molar-refractivity contribution >= 4 is 34.2 Å². The Kier molecular flexibility index (Phi) is 25.2. The van der Waals surface area contributed by atoms with Crippen LogP contribution < -0.4 is 11.2 Å². The van der Waals surface area contributed by atoms with Gasteiger partial charge < -0.3 is 25.1 Å². The molecule has 1 aromatic heterocycles. The number of benzene rings is 2. The molecular weight excluding hydrogens is 857 g/mol. The van der Waals surface area contributed by atoms with Crippen LogP contribution in [0.25, 0.3) is 27.6 Å². The number of primary amides is 1. The number of hydroxylamine groups is 2. The van der Waals surface area contributed by atoms with Crippen molar-refractivity contribution in [3.63, 3.8) is 0 Å². The molecule has 3 aromatic rings. The number of carbonyl (C=O) groups excluding carboxylic acids is 3. The third-order valence-corrected chi connectivity index (χ3v) is 12.8. The van der Waals surface area contributed by atoms with Crippen molar-refractivity contribution in [1.82, 2.24) is 25.0 Å². The zero-order valence-corrected chi connectivity index (χ0v) is 42.9. The molecule has 2 aliphatic heterocycles. The number of nitrogens with one attached hydrogen (secondary N) is 1. The Morgan fingerprint density at radius 2 is 1.74 bits per heavy atom. The molecule has 0 saturated carbocycles. The van der Waals surface area contributed by atoms with Crippen LogP contribution in [0.3, 0.4) is 0 Å². The van der Waals surface area contributed by atoms with Crippen LogP contribution in [0.4, 0.5) is 0 Å². The number of rotatable bonds is 14. The summed E-state index contributed by atoms with van der Waals surface area (Å²) in [4.78, 5) is 39.1. The highest BCUT2D eigenvalue weighted by Crippen LogP contribution is 2.41. The molecule has 68 heavy (non-hydrogen) atoms. The van der Waals surface area contributed by atoms with Gasteiger partial charge in [-0.3, -0.25) is 24.6 Å². The van der Waals surface area contributed by atoms with E-state index in [1.807, 2.05) is 18.7 Å². The molecule has 1 aliphatic carbocycles.